The number of ether oxygens (including phenoxy) is 3. The molecule has 0 spiro atoms. The largest absolute Gasteiger partial charge is 0.510 e. The zero-order valence-corrected chi connectivity index (χ0v) is 16.3. The van der Waals surface area contributed by atoms with Gasteiger partial charge in [0.25, 0.3) is 0 Å². The van der Waals surface area contributed by atoms with E-state index in [1.54, 1.807) is 0 Å². The molecular formula is C18H21F7O5. The van der Waals surface area contributed by atoms with E-state index in [0.29, 0.717) is 0 Å². The van der Waals surface area contributed by atoms with Gasteiger partial charge in [-0.3, -0.25) is 0 Å². The molecule has 4 atom stereocenters. The van der Waals surface area contributed by atoms with E-state index in [9.17, 15) is 40.3 Å². The van der Waals surface area contributed by atoms with E-state index in [0.717, 1.165) is 0 Å². The lowest BCUT2D eigenvalue weighted by Gasteiger charge is -2.44. The second-order valence-electron chi connectivity index (χ2n) is 8.48. The van der Waals surface area contributed by atoms with E-state index < -0.39 is 71.8 Å². The van der Waals surface area contributed by atoms with E-state index in [4.69, 9.17) is 4.74 Å². The number of alkyl halides is 6. The summed E-state index contributed by atoms with van der Waals surface area (Å²) in [6.45, 7) is 6.50. The molecule has 2 aliphatic rings. The second kappa shape index (κ2) is 7.60. The Morgan fingerprint density at radius 2 is 1.40 bits per heavy atom. The molecule has 2 aliphatic carbocycles. The Hall–Kier alpha value is -2.01. The lowest BCUT2D eigenvalue weighted by molar-refractivity contribution is -0.390. The second-order valence-corrected chi connectivity index (χ2v) is 8.48. The third kappa shape index (κ3) is 4.51. The van der Waals surface area contributed by atoms with Crippen LogP contribution in [0.3, 0.4) is 0 Å². The van der Waals surface area contributed by atoms with Crippen molar-refractivity contribution in [3.8, 4) is 0 Å². The summed E-state index contributed by atoms with van der Waals surface area (Å²) in [5, 5.41) is 0. The minimum Gasteiger partial charge on any atom is -0.457 e. The van der Waals surface area contributed by atoms with Gasteiger partial charge < -0.3 is 14.2 Å². The first-order valence-electron chi connectivity index (χ1n) is 9.00. The number of hydrogen-bond acceptors (Lipinski definition) is 5. The van der Waals surface area contributed by atoms with Crippen LogP contribution in [0.15, 0.2) is 12.4 Å². The molecule has 0 aromatic rings. The van der Waals surface area contributed by atoms with E-state index in [-0.39, 0.29) is 12.8 Å². The summed E-state index contributed by atoms with van der Waals surface area (Å²) >= 11 is 0. The Labute approximate surface area is 167 Å². The van der Waals surface area contributed by atoms with Gasteiger partial charge in [-0.25, -0.2) is 9.59 Å². The van der Waals surface area contributed by atoms with Crippen molar-refractivity contribution in [2.24, 2.45) is 17.8 Å². The van der Waals surface area contributed by atoms with Crippen LogP contribution < -0.4 is 0 Å². The quantitative estimate of drug-likeness (QED) is 0.333. The Morgan fingerprint density at radius 1 is 0.867 bits per heavy atom. The van der Waals surface area contributed by atoms with Gasteiger partial charge >= 0.3 is 30.1 Å². The highest BCUT2D eigenvalue weighted by molar-refractivity contribution is 5.85. The van der Waals surface area contributed by atoms with Crippen LogP contribution in [0.5, 0.6) is 0 Å². The van der Waals surface area contributed by atoms with Crippen LogP contribution in [-0.4, -0.2) is 41.8 Å². The molecule has 0 aromatic carbocycles. The summed E-state index contributed by atoms with van der Waals surface area (Å²) in [5.74, 6) is -7.13. The van der Waals surface area contributed by atoms with Gasteiger partial charge in [0, 0.05) is 5.92 Å². The smallest absolute Gasteiger partial charge is 0.457 e. The van der Waals surface area contributed by atoms with Gasteiger partial charge in [0.05, 0.1) is 0 Å². The number of esters is 1. The summed E-state index contributed by atoms with van der Waals surface area (Å²) in [5.41, 5.74) is -6.18. The normalized spacial score (nSPS) is 27.0. The molecule has 172 valence electrons. The fourth-order valence-corrected chi connectivity index (χ4v) is 4.24. The molecule has 0 amide bonds. The molecule has 0 aromatic heterocycles. The number of carbonyl (C=O) groups excluding carboxylic acids is 2. The first-order valence-corrected chi connectivity index (χ1v) is 9.00. The van der Waals surface area contributed by atoms with Gasteiger partial charge in [-0.05, 0) is 51.9 Å². The van der Waals surface area contributed by atoms with Crippen LogP contribution in [0.1, 0.15) is 40.0 Å². The molecule has 4 unspecified atom stereocenters. The number of carbonyl (C=O) groups is 2. The lowest BCUT2D eigenvalue weighted by atomic mass is 9.74. The Kier molecular flexibility index (Phi) is 6.14. The minimum atomic E-state index is -5.99. The monoisotopic (exact) mass is 450 g/mol. The maximum atomic E-state index is 13.9. The van der Waals surface area contributed by atoms with Gasteiger partial charge in [0.15, 0.2) is 0 Å². The molecule has 0 heterocycles. The fourth-order valence-electron chi connectivity index (χ4n) is 4.24. The van der Waals surface area contributed by atoms with Gasteiger partial charge in [0.2, 0.25) is 5.83 Å². The van der Waals surface area contributed by atoms with Gasteiger partial charge in [-0.2, -0.15) is 30.7 Å². The van der Waals surface area contributed by atoms with Crippen LogP contribution >= 0.6 is 0 Å². The van der Waals surface area contributed by atoms with Crippen LogP contribution in [-0.2, 0) is 19.0 Å². The van der Waals surface area contributed by atoms with Gasteiger partial charge in [-0.15, -0.1) is 0 Å². The van der Waals surface area contributed by atoms with Crippen molar-refractivity contribution in [1.29, 1.82) is 0 Å². The van der Waals surface area contributed by atoms with Crippen molar-refractivity contribution < 1.29 is 54.5 Å². The molecule has 0 aliphatic heterocycles. The maximum Gasteiger partial charge on any atom is 0.510 e. The zero-order chi connectivity index (χ0) is 23.3. The first-order chi connectivity index (χ1) is 13.4. The van der Waals surface area contributed by atoms with E-state index in [1.165, 1.54) is 20.8 Å². The summed E-state index contributed by atoms with van der Waals surface area (Å²) in [7, 11) is 0. The molecule has 12 heteroatoms. The van der Waals surface area contributed by atoms with Crippen LogP contribution in [0, 0.1) is 17.8 Å². The van der Waals surface area contributed by atoms with E-state index in [2.05, 4.69) is 16.1 Å². The third-order valence-corrected chi connectivity index (χ3v) is 5.27. The van der Waals surface area contributed by atoms with Crippen LogP contribution in [0.2, 0.25) is 0 Å². The number of halogens is 7. The third-order valence-electron chi connectivity index (χ3n) is 5.27. The summed E-state index contributed by atoms with van der Waals surface area (Å²) in [6, 6.07) is 0. The van der Waals surface area contributed by atoms with Crippen LogP contribution in [0.25, 0.3) is 0 Å². The first kappa shape index (κ1) is 24.3. The number of fused-ring (bicyclic) bond motifs is 2. The zero-order valence-electron chi connectivity index (χ0n) is 16.3. The van der Waals surface area contributed by atoms with Crippen molar-refractivity contribution in [2.45, 2.75) is 69.7 Å². The maximum absolute atomic E-state index is 13.9. The van der Waals surface area contributed by atoms with Crippen molar-refractivity contribution >= 4 is 12.1 Å². The lowest BCUT2D eigenvalue weighted by Crippen LogP contribution is -2.65. The molecule has 5 nitrogen and oxygen atoms in total. The molecule has 0 radical (unpaired) electrons. The summed E-state index contributed by atoms with van der Waals surface area (Å²) < 4.78 is 109. The standard InChI is InChI=1S/C18H21F7O5/c1-8(19)13(26)28-12-7-9-5-10(12)6-11(9)16(17(20,21)22,18(23,24)25)30-14(27)29-15(2,3)4/h9-12H,1,5-7H2,2-4H3. The predicted octanol–water partition coefficient (Wildman–Crippen LogP) is 5.24. The fraction of sp³-hybridized carbons (Fsp3) is 0.778. The number of rotatable bonds is 4. The Morgan fingerprint density at radius 3 is 1.77 bits per heavy atom. The van der Waals surface area contributed by atoms with E-state index in [1.807, 2.05) is 0 Å². The highest BCUT2D eigenvalue weighted by Crippen LogP contribution is 2.62. The molecule has 2 fully saturated rings. The Balaban J connectivity index is 2.35. The molecular weight excluding hydrogens is 429 g/mol. The Bertz CT molecular complexity index is 693. The highest BCUT2D eigenvalue weighted by atomic mass is 19.4. The molecule has 2 bridgehead atoms. The highest BCUT2D eigenvalue weighted by Gasteiger charge is 2.80. The van der Waals surface area contributed by atoms with Crippen LogP contribution in [0.4, 0.5) is 35.5 Å². The molecule has 0 N–H and O–H groups in total. The van der Waals surface area contributed by atoms with Crippen molar-refractivity contribution in [3.05, 3.63) is 12.4 Å². The summed E-state index contributed by atoms with van der Waals surface area (Å²) in [4.78, 5) is 23.2. The van der Waals surface area contributed by atoms with Gasteiger partial charge in [0.1, 0.15) is 11.7 Å². The van der Waals surface area contributed by atoms with Gasteiger partial charge in [-0.1, -0.05) is 6.58 Å². The average molecular weight is 450 g/mol. The molecule has 30 heavy (non-hydrogen) atoms. The van der Waals surface area contributed by atoms with Crippen molar-refractivity contribution in [1.82, 2.24) is 0 Å². The molecule has 0 saturated heterocycles. The molecule has 2 rings (SSSR count). The summed E-state index contributed by atoms with van der Waals surface area (Å²) in [6.07, 6.45) is -16.3. The topological polar surface area (TPSA) is 61.8 Å². The molecule has 2 saturated carbocycles. The van der Waals surface area contributed by atoms with E-state index >= 15 is 0 Å². The predicted molar refractivity (Wildman–Crippen MR) is 86.6 cm³/mol. The minimum absolute atomic E-state index is 0.132. The van der Waals surface area contributed by atoms with Crippen molar-refractivity contribution in [2.75, 3.05) is 0 Å². The number of hydrogen-bond donors (Lipinski definition) is 0. The SMILES string of the molecule is C=C(F)C(=O)OC1CC2CC1CC2C(OC(=O)OC(C)(C)C)(C(F)(F)F)C(F)(F)F. The average Bonchev–Trinajstić information content (AvgIpc) is 3.08. The van der Waals surface area contributed by atoms with Crippen molar-refractivity contribution in [3.63, 3.8) is 0 Å².